The van der Waals surface area contributed by atoms with Crippen molar-refractivity contribution in [1.29, 1.82) is 0 Å². The molecule has 1 aliphatic rings. The molecule has 0 aromatic heterocycles. The fourth-order valence-corrected chi connectivity index (χ4v) is 3.76. The van der Waals surface area contributed by atoms with Gasteiger partial charge in [0.1, 0.15) is 0 Å². The lowest BCUT2D eigenvalue weighted by Gasteiger charge is -2.10. The minimum absolute atomic E-state index is 0.221. The van der Waals surface area contributed by atoms with Gasteiger partial charge in [-0.3, -0.25) is 9.59 Å². The van der Waals surface area contributed by atoms with Crippen LogP contribution < -0.4 is 20.5 Å². The van der Waals surface area contributed by atoms with Gasteiger partial charge in [0.15, 0.2) is 18.1 Å². The summed E-state index contributed by atoms with van der Waals surface area (Å²) in [5.74, 6) is 0.0690. The lowest BCUT2D eigenvalue weighted by Crippen LogP contribution is -2.20. The Morgan fingerprint density at radius 1 is 1.07 bits per heavy atom. The highest BCUT2D eigenvalue weighted by Crippen LogP contribution is 2.35. The van der Waals surface area contributed by atoms with Gasteiger partial charge in [-0.15, -0.1) is 0 Å². The summed E-state index contributed by atoms with van der Waals surface area (Å²) < 4.78 is 10.6. The van der Waals surface area contributed by atoms with Crippen LogP contribution in [0.15, 0.2) is 54.6 Å². The van der Waals surface area contributed by atoms with Crippen molar-refractivity contribution in [1.82, 2.24) is 0 Å². The van der Waals surface area contributed by atoms with Crippen molar-refractivity contribution in [3.05, 3.63) is 71.3 Å². The van der Waals surface area contributed by atoms with E-state index >= 15 is 0 Å². The molecule has 3 aromatic rings. The van der Waals surface area contributed by atoms with Crippen LogP contribution in [0, 0.1) is 0 Å². The van der Waals surface area contributed by atoms with Gasteiger partial charge in [0.2, 0.25) is 5.91 Å². The number of carbonyl (C=O) groups excluding carboxylic acids is 2. The molecular weight excluding hydrogens is 380 g/mol. The monoisotopic (exact) mass is 402 g/mol. The van der Waals surface area contributed by atoms with Crippen molar-refractivity contribution in [2.24, 2.45) is 5.73 Å². The quantitative estimate of drug-likeness (QED) is 0.592. The molecule has 0 aliphatic heterocycles. The van der Waals surface area contributed by atoms with E-state index in [9.17, 15) is 9.59 Å². The molecule has 0 saturated heterocycles. The largest absolute Gasteiger partial charge is 0.493 e. The first-order chi connectivity index (χ1) is 14.5. The predicted octanol–water partition coefficient (Wildman–Crippen LogP) is 3.46. The summed E-state index contributed by atoms with van der Waals surface area (Å²) in [7, 11) is 1.50. The van der Waals surface area contributed by atoms with Gasteiger partial charge in [-0.05, 0) is 59.2 Å². The Bertz CT molecular complexity index is 1160. The second-order valence-electron chi connectivity index (χ2n) is 7.10. The summed E-state index contributed by atoms with van der Waals surface area (Å²) >= 11 is 0. The van der Waals surface area contributed by atoms with Crippen LogP contribution in [0.25, 0.3) is 16.8 Å². The molecule has 1 aliphatic carbocycles. The van der Waals surface area contributed by atoms with E-state index in [2.05, 4.69) is 17.4 Å². The Hall–Kier alpha value is -3.80. The zero-order chi connectivity index (χ0) is 21.1. The summed E-state index contributed by atoms with van der Waals surface area (Å²) in [5, 5.41) is 5.31. The van der Waals surface area contributed by atoms with Gasteiger partial charge in [-0.25, -0.2) is 0 Å². The van der Waals surface area contributed by atoms with Gasteiger partial charge in [0.05, 0.1) is 7.11 Å². The molecule has 0 saturated carbocycles. The van der Waals surface area contributed by atoms with E-state index in [1.54, 1.807) is 24.3 Å². The van der Waals surface area contributed by atoms with Crippen LogP contribution in [0.2, 0.25) is 0 Å². The first kappa shape index (κ1) is 19.5. The standard InChI is InChI=1S/C24H22N2O4/c1-29-21-13-15(5-11-20(21)30-14-22(25)27)6-12-23(28)26-19-10-9-17-8-7-16-3-2-4-18(19)24(16)17/h2-6,9-13H,7-8,14H2,1H3,(H2,25,27)(H,26,28). The maximum atomic E-state index is 12.5. The third-order valence-electron chi connectivity index (χ3n) is 5.12. The van der Waals surface area contributed by atoms with Crippen LogP contribution in [-0.4, -0.2) is 25.5 Å². The number of hydrogen-bond donors (Lipinski definition) is 2. The molecule has 152 valence electrons. The van der Waals surface area contributed by atoms with E-state index in [-0.39, 0.29) is 12.5 Å². The van der Waals surface area contributed by atoms with Crippen molar-refractivity contribution < 1.29 is 19.1 Å². The lowest BCUT2D eigenvalue weighted by atomic mass is 10.0. The highest BCUT2D eigenvalue weighted by molar-refractivity contribution is 6.09. The van der Waals surface area contributed by atoms with Crippen molar-refractivity contribution >= 4 is 34.4 Å². The molecule has 0 unspecified atom stereocenters. The Labute approximate surface area is 174 Å². The summed E-state index contributed by atoms with van der Waals surface area (Å²) in [6.07, 6.45) is 5.26. The van der Waals surface area contributed by atoms with Crippen LogP contribution in [0.5, 0.6) is 11.5 Å². The fourth-order valence-electron chi connectivity index (χ4n) is 3.76. The molecule has 6 heteroatoms. The summed E-state index contributed by atoms with van der Waals surface area (Å²) in [6, 6.07) is 15.4. The molecule has 0 bridgehead atoms. The number of nitrogens with two attached hydrogens (primary N) is 1. The number of methoxy groups -OCH3 is 1. The van der Waals surface area contributed by atoms with Crippen LogP contribution in [0.1, 0.15) is 16.7 Å². The maximum Gasteiger partial charge on any atom is 0.255 e. The van der Waals surface area contributed by atoms with Gasteiger partial charge < -0.3 is 20.5 Å². The molecular formula is C24H22N2O4. The van der Waals surface area contributed by atoms with Gasteiger partial charge >= 0.3 is 0 Å². The second-order valence-corrected chi connectivity index (χ2v) is 7.10. The van der Waals surface area contributed by atoms with Crippen molar-refractivity contribution in [2.45, 2.75) is 12.8 Å². The first-order valence-electron chi connectivity index (χ1n) is 9.67. The number of carbonyl (C=O) groups is 2. The molecule has 2 amide bonds. The number of hydrogen-bond acceptors (Lipinski definition) is 4. The Balaban J connectivity index is 1.50. The van der Waals surface area contributed by atoms with Crippen molar-refractivity contribution in [2.75, 3.05) is 19.0 Å². The van der Waals surface area contributed by atoms with E-state index in [4.69, 9.17) is 15.2 Å². The second kappa shape index (κ2) is 8.29. The van der Waals surface area contributed by atoms with E-state index < -0.39 is 5.91 Å². The molecule has 0 radical (unpaired) electrons. The van der Waals surface area contributed by atoms with Gasteiger partial charge in [0, 0.05) is 17.1 Å². The number of anilines is 1. The van der Waals surface area contributed by atoms with Gasteiger partial charge in [0.25, 0.3) is 5.91 Å². The fraction of sp³-hybridized carbons (Fsp3) is 0.167. The van der Waals surface area contributed by atoms with Crippen LogP contribution in [0.3, 0.4) is 0 Å². The normalized spacial score (nSPS) is 12.3. The molecule has 0 heterocycles. The van der Waals surface area contributed by atoms with E-state index in [1.807, 2.05) is 18.2 Å². The van der Waals surface area contributed by atoms with Crippen LogP contribution >= 0.6 is 0 Å². The zero-order valence-electron chi connectivity index (χ0n) is 16.6. The molecule has 3 N–H and O–H groups in total. The van der Waals surface area contributed by atoms with Crippen LogP contribution in [-0.2, 0) is 22.4 Å². The molecule has 6 nitrogen and oxygen atoms in total. The third kappa shape index (κ3) is 3.98. The van der Waals surface area contributed by atoms with Crippen LogP contribution in [0.4, 0.5) is 5.69 Å². The summed E-state index contributed by atoms with van der Waals surface area (Å²) in [4.78, 5) is 23.4. The number of ether oxygens (including phenoxy) is 2. The summed E-state index contributed by atoms with van der Waals surface area (Å²) in [6.45, 7) is -0.234. The van der Waals surface area contributed by atoms with E-state index in [0.717, 1.165) is 29.5 Å². The Morgan fingerprint density at radius 2 is 1.87 bits per heavy atom. The number of primary amides is 1. The van der Waals surface area contributed by atoms with E-state index in [1.165, 1.54) is 29.7 Å². The number of nitrogens with one attached hydrogen (secondary N) is 1. The number of aryl methyl sites for hydroxylation is 2. The average molecular weight is 402 g/mol. The number of amides is 2. The molecule has 3 aromatic carbocycles. The van der Waals surface area contributed by atoms with Crippen molar-refractivity contribution in [3.8, 4) is 11.5 Å². The van der Waals surface area contributed by atoms with E-state index in [0.29, 0.717) is 11.5 Å². The molecule has 0 spiro atoms. The number of benzene rings is 3. The third-order valence-corrected chi connectivity index (χ3v) is 5.12. The molecule has 4 rings (SSSR count). The number of rotatable bonds is 7. The Kier molecular flexibility index (Phi) is 5.39. The minimum Gasteiger partial charge on any atom is -0.493 e. The van der Waals surface area contributed by atoms with Crippen molar-refractivity contribution in [3.63, 3.8) is 0 Å². The predicted molar refractivity (Wildman–Crippen MR) is 117 cm³/mol. The topological polar surface area (TPSA) is 90.7 Å². The minimum atomic E-state index is -0.569. The van der Waals surface area contributed by atoms with Gasteiger partial charge in [-0.2, -0.15) is 0 Å². The molecule has 0 fully saturated rings. The maximum absolute atomic E-state index is 12.5. The average Bonchev–Trinajstić information content (AvgIpc) is 3.17. The van der Waals surface area contributed by atoms with Gasteiger partial charge in [-0.1, -0.05) is 30.3 Å². The lowest BCUT2D eigenvalue weighted by molar-refractivity contribution is -0.120. The zero-order valence-corrected chi connectivity index (χ0v) is 16.6. The highest BCUT2D eigenvalue weighted by Gasteiger charge is 2.16. The smallest absolute Gasteiger partial charge is 0.255 e. The SMILES string of the molecule is COc1cc(C=CC(=O)Nc2ccc3c4c(cccc24)CC3)ccc1OCC(N)=O. The Morgan fingerprint density at radius 3 is 2.63 bits per heavy atom. The molecule has 0 atom stereocenters. The highest BCUT2D eigenvalue weighted by atomic mass is 16.5. The summed E-state index contributed by atoms with van der Waals surface area (Å²) in [5.41, 5.74) is 9.33. The first-order valence-corrected chi connectivity index (χ1v) is 9.67. The molecule has 30 heavy (non-hydrogen) atoms.